The monoisotopic (exact) mass is 226 g/mol. The van der Waals surface area contributed by atoms with E-state index in [0.29, 0.717) is 5.92 Å². The first kappa shape index (κ1) is 12.7. The molecular formula is C12H18O4. The molecular weight excluding hydrogens is 208 g/mol. The Morgan fingerprint density at radius 1 is 1.31 bits per heavy atom. The zero-order chi connectivity index (χ0) is 12.0. The molecule has 0 aromatic carbocycles. The number of hydrogen-bond donors (Lipinski definition) is 1. The van der Waals surface area contributed by atoms with Crippen molar-refractivity contribution < 1.29 is 19.4 Å². The topological polar surface area (TPSA) is 63.6 Å². The molecule has 0 saturated heterocycles. The first-order valence-electron chi connectivity index (χ1n) is 5.64. The van der Waals surface area contributed by atoms with Gasteiger partial charge in [-0.05, 0) is 38.0 Å². The van der Waals surface area contributed by atoms with Crippen molar-refractivity contribution in [1.29, 1.82) is 0 Å². The Hall–Kier alpha value is -1.32. The van der Waals surface area contributed by atoms with Gasteiger partial charge in [-0.1, -0.05) is 6.08 Å². The van der Waals surface area contributed by atoms with E-state index in [2.05, 4.69) is 6.58 Å². The lowest BCUT2D eigenvalue weighted by molar-refractivity contribution is -0.156. The molecule has 4 heteroatoms. The summed E-state index contributed by atoms with van der Waals surface area (Å²) in [6, 6.07) is 0. The van der Waals surface area contributed by atoms with Gasteiger partial charge in [-0.25, -0.2) is 0 Å². The molecule has 1 aliphatic carbocycles. The van der Waals surface area contributed by atoms with Gasteiger partial charge < -0.3 is 9.84 Å². The van der Waals surface area contributed by atoms with Crippen molar-refractivity contribution in [2.24, 2.45) is 5.92 Å². The molecule has 0 heterocycles. The highest BCUT2D eigenvalue weighted by Gasteiger charge is 2.23. The van der Waals surface area contributed by atoms with Gasteiger partial charge in [-0.2, -0.15) is 0 Å². The second-order valence-corrected chi connectivity index (χ2v) is 4.23. The molecule has 16 heavy (non-hydrogen) atoms. The van der Waals surface area contributed by atoms with Gasteiger partial charge in [-0.15, -0.1) is 6.58 Å². The fourth-order valence-corrected chi connectivity index (χ4v) is 2.07. The second kappa shape index (κ2) is 6.30. The van der Waals surface area contributed by atoms with E-state index in [0.717, 1.165) is 32.1 Å². The first-order chi connectivity index (χ1) is 7.61. The maximum absolute atomic E-state index is 11.1. The van der Waals surface area contributed by atoms with Crippen molar-refractivity contribution in [3.05, 3.63) is 12.7 Å². The lowest BCUT2D eigenvalue weighted by Gasteiger charge is -2.27. The van der Waals surface area contributed by atoms with Crippen LogP contribution in [0.2, 0.25) is 0 Å². The number of ether oxygens (including phenoxy) is 1. The van der Waals surface area contributed by atoms with Crippen LogP contribution < -0.4 is 0 Å². The summed E-state index contributed by atoms with van der Waals surface area (Å²) >= 11 is 0. The van der Waals surface area contributed by atoms with Gasteiger partial charge in [0.1, 0.15) is 12.5 Å². The van der Waals surface area contributed by atoms with Gasteiger partial charge in [-0.3, -0.25) is 9.59 Å². The zero-order valence-electron chi connectivity index (χ0n) is 9.35. The quantitative estimate of drug-likeness (QED) is 0.443. The molecule has 0 amide bonds. The molecule has 0 aromatic heterocycles. The van der Waals surface area contributed by atoms with Crippen LogP contribution in [-0.4, -0.2) is 23.1 Å². The molecule has 0 aliphatic heterocycles. The van der Waals surface area contributed by atoms with E-state index in [1.807, 2.05) is 6.08 Å². The molecule has 1 rings (SSSR count). The van der Waals surface area contributed by atoms with E-state index in [1.165, 1.54) is 0 Å². The minimum Gasteiger partial charge on any atom is -0.481 e. The number of carbonyl (C=O) groups excluding carboxylic acids is 1. The SMILES string of the molecule is C=CCC1CCC(OC(=O)CC(=O)O)CC1. The lowest BCUT2D eigenvalue weighted by atomic mass is 9.85. The summed E-state index contributed by atoms with van der Waals surface area (Å²) in [4.78, 5) is 21.4. The summed E-state index contributed by atoms with van der Waals surface area (Å²) in [5.41, 5.74) is 0. The van der Waals surface area contributed by atoms with E-state index in [9.17, 15) is 9.59 Å². The van der Waals surface area contributed by atoms with E-state index in [4.69, 9.17) is 9.84 Å². The highest BCUT2D eigenvalue weighted by Crippen LogP contribution is 2.28. The number of carbonyl (C=O) groups is 2. The predicted octanol–water partition coefficient (Wildman–Crippen LogP) is 2.14. The van der Waals surface area contributed by atoms with Crippen LogP contribution in [0.1, 0.15) is 38.5 Å². The van der Waals surface area contributed by atoms with Crippen LogP contribution in [0.5, 0.6) is 0 Å². The van der Waals surface area contributed by atoms with Crippen molar-refractivity contribution in [2.75, 3.05) is 0 Å². The normalized spacial score (nSPS) is 24.8. The molecule has 4 nitrogen and oxygen atoms in total. The summed E-state index contributed by atoms with van der Waals surface area (Å²) in [5.74, 6) is -1.11. The molecule has 1 saturated carbocycles. The zero-order valence-corrected chi connectivity index (χ0v) is 9.35. The summed E-state index contributed by atoms with van der Waals surface area (Å²) < 4.78 is 5.08. The third-order valence-corrected chi connectivity index (χ3v) is 2.89. The van der Waals surface area contributed by atoms with Crippen molar-refractivity contribution in [3.8, 4) is 0 Å². The van der Waals surface area contributed by atoms with Crippen molar-refractivity contribution in [1.82, 2.24) is 0 Å². The van der Waals surface area contributed by atoms with Crippen LogP contribution in [0.25, 0.3) is 0 Å². The number of allylic oxidation sites excluding steroid dienone is 1. The van der Waals surface area contributed by atoms with Gasteiger partial charge in [0.15, 0.2) is 0 Å². The number of carboxylic acid groups (broad SMARTS) is 1. The molecule has 0 radical (unpaired) electrons. The smallest absolute Gasteiger partial charge is 0.317 e. The van der Waals surface area contributed by atoms with Crippen LogP contribution >= 0.6 is 0 Å². The number of aliphatic carboxylic acids is 1. The molecule has 90 valence electrons. The fraction of sp³-hybridized carbons (Fsp3) is 0.667. The maximum Gasteiger partial charge on any atom is 0.317 e. The third-order valence-electron chi connectivity index (χ3n) is 2.89. The number of hydrogen-bond acceptors (Lipinski definition) is 3. The van der Waals surface area contributed by atoms with Gasteiger partial charge in [0.05, 0.1) is 0 Å². The van der Waals surface area contributed by atoms with Gasteiger partial charge in [0.25, 0.3) is 0 Å². The van der Waals surface area contributed by atoms with Crippen LogP contribution in [0.3, 0.4) is 0 Å². The van der Waals surface area contributed by atoms with Crippen LogP contribution in [0, 0.1) is 5.92 Å². The largest absolute Gasteiger partial charge is 0.481 e. The van der Waals surface area contributed by atoms with Gasteiger partial charge >= 0.3 is 11.9 Å². The van der Waals surface area contributed by atoms with Crippen molar-refractivity contribution >= 4 is 11.9 Å². The number of carboxylic acids is 1. The molecule has 1 fully saturated rings. The van der Waals surface area contributed by atoms with Gasteiger partial charge in [0, 0.05) is 0 Å². The van der Waals surface area contributed by atoms with Crippen molar-refractivity contribution in [2.45, 2.75) is 44.6 Å². The minimum atomic E-state index is -1.13. The molecule has 0 aromatic rings. The van der Waals surface area contributed by atoms with E-state index in [-0.39, 0.29) is 6.10 Å². The minimum absolute atomic E-state index is 0.0899. The highest BCUT2D eigenvalue weighted by atomic mass is 16.5. The Kier molecular flexibility index (Phi) is 5.02. The Morgan fingerprint density at radius 3 is 2.44 bits per heavy atom. The highest BCUT2D eigenvalue weighted by molar-refractivity contribution is 5.90. The van der Waals surface area contributed by atoms with E-state index >= 15 is 0 Å². The van der Waals surface area contributed by atoms with E-state index in [1.54, 1.807) is 0 Å². The maximum atomic E-state index is 11.1. The molecule has 0 spiro atoms. The molecule has 1 aliphatic rings. The standard InChI is InChI=1S/C12H18O4/c1-2-3-9-4-6-10(7-5-9)16-12(15)8-11(13)14/h2,9-10H,1,3-8H2,(H,13,14). The molecule has 0 unspecified atom stereocenters. The average molecular weight is 226 g/mol. The van der Waals surface area contributed by atoms with Crippen molar-refractivity contribution in [3.63, 3.8) is 0 Å². The van der Waals surface area contributed by atoms with Gasteiger partial charge in [0.2, 0.25) is 0 Å². The predicted molar refractivity (Wildman–Crippen MR) is 58.9 cm³/mol. The molecule has 0 bridgehead atoms. The Labute approximate surface area is 95.3 Å². The first-order valence-corrected chi connectivity index (χ1v) is 5.64. The number of esters is 1. The van der Waals surface area contributed by atoms with Crippen LogP contribution in [0.4, 0.5) is 0 Å². The third kappa shape index (κ3) is 4.47. The molecule has 1 N–H and O–H groups in total. The Bertz CT molecular complexity index is 264. The lowest BCUT2D eigenvalue weighted by Crippen LogP contribution is -2.25. The summed E-state index contributed by atoms with van der Waals surface area (Å²) in [6.45, 7) is 3.70. The molecule has 0 atom stereocenters. The fourth-order valence-electron chi connectivity index (χ4n) is 2.07. The summed E-state index contributed by atoms with van der Waals surface area (Å²) in [7, 11) is 0. The average Bonchev–Trinajstić information content (AvgIpc) is 2.20. The van der Waals surface area contributed by atoms with Crippen LogP contribution in [-0.2, 0) is 14.3 Å². The summed E-state index contributed by atoms with van der Waals surface area (Å²) in [6.07, 6.45) is 6.03. The Morgan fingerprint density at radius 2 is 1.94 bits per heavy atom. The van der Waals surface area contributed by atoms with Crippen LogP contribution in [0.15, 0.2) is 12.7 Å². The second-order valence-electron chi connectivity index (χ2n) is 4.23. The van der Waals surface area contributed by atoms with E-state index < -0.39 is 18.4 Å². The summed E-state index contributed by atoms with van der Waals surface area (Å²) in [5, 5.41) is 8.41. The Balaban J connectivity index is 2.23. The number of rotatable bonds is 5.